The number of nitrogens with zero attached hydrogens (tertiary/aromatic N) is 5. The normalized spacial score (nSPS) is 11.2. The van der Waals surface area contributed by atoms with E-state index in [1.165, 1.54) is 18.0 Å². The molecule has 0 spiro atoms. The van der Waals surface area contributed by atoms with Crippen molar-refractivity contribution in [3.8, 4) is 23.0 Å². The average molecular weight is 512 g/mol. The minimum atomic E-state index is -1.29. The molecule has 0 bridgehead atoms. The van der Waals surface area contributed by atoms with Crippen molar-refractivity contribution in [1.29, 1.82) is 0 Å². The van der Waals surface area contributed by atoms with E-state index in [0.717, 1.165) is 12.1 Å². The molecule has 0 fully saturated rings. The fourth-order valence-electron chi connectivity index (χ4n) is 3.86. The summed E-state index contributed by atoms with van der Waals surface area (Å²) in [4.78, 5) is 12.8. The van der Waals surface area contributed by atoms with Crippen molar-refractivity contribution < 1.29 is 17.9 Å². The highest BCUT2D eigenvalue weighted by atomic mass is 35.5. The van der Waals surface area contributed by atoms with Crippen LogP contribution in [0.15, 0.2) is 48.7 Å². The number of hydrogen-bond acceptors (Lipinski definition) is 7. The van der Waals surface area contributed by atoms with E-state index in [1.54, 1.807) is 30.3 Å². The van der Waals surface area contributed by atoms with Crippen molar-refractivity contribution in [2.45, 2.75) is 6.42 Å². The van der Waals surface area contributed by atoms with Crippen molar-refractivity contribution in [1.82, 2.24) is 24.7 Å². The van der Waals surface area contributed by atoms with E-state index >= 15 is 0 Å². The molecule has 3 aromatic heterocycles. The van der Waals surface area contributed by atoms with Gasteiger partial charge in [-0.25, -0.2) is 18.2 Å². The lowest BCUT2D eigenvalue weighted by Crippen LogP contribution is -2.10. The number of rotatable bonds is 5. The quantitative estimate of drug-likeness (QED) is 0.328. The molecule has 12 heteroatoms. The highest BCUT2D eigenvalue weighted by molar-refractivity contribution is 6.31. The first-order chi connectivity index (χ1) is 17.3. The van der Waals surface area contributed by atoms with E-state index in [0.29, 0.717) is 32.9 Å². The molecule has 5 rings (SSSR count). The molecule has 8 nitrogen and oxygen atoms in total. The Morgan fingerprint density at radius 2 is 1.69 bits per heavy atom. The zero-order valence-corrected chi connectivity index (χ0v) is 19.4. The minimum Gasteiger partial charge on any atom is -0.481 e. The third-order valence-corrected chi connectivity index (χ3v) is 5.81. The summed E-state index contributed by atoms with van der Waals surface area (Å²) in [6.45, 7) is 0. The van der Waals surface area contributed by atoms with Crippen molar-refractivity contribution in [3.63, 3.8) is 0 Å². The summed E-state index contributed by atoms with van der Waals surface area (Å²) in [5.41, 5.74) is 13.6. The van der Waals surface area contributed by atoms with Gasteiger partial charge in [0.2, 0.25) is 5.88 Å². The lowest BCUT2D eigenvalue weighted by molar-refractivity contribution is 0.398. The van der Waals surface area contributed by atoms with Crippen molar-refractivity contribution in [2.75, 3.05) is 18.6 Å². The maximum Gasteiger partial charge on any atom is 0.255 e. The molecule has 0 atom stereocenters. The van der Waals surface area contributed by atoms with Crippen LogP contribution in [-0.2, 0) is 6.42 Å². The second-order valence-electron chi connectivity index (χ2n) is 7.78. The number of aromatic nitrogens is 5. The van der Waals surface area contributed by atoms with Crippen LogP contribution >= 0.6 is 11.6 Å². The third kappa shape index (κ3) is 4.03. The predicted octanol–water partition coefficient (Wildman–Crippen LogP) is 4.71. The van der Waals surface area contributed by atoms with Crippen molar-refractivity contribution in [2.24, 2.45) is 0 Å². The summed E-state index contributed by atoms with van der Waals surface area (Å²) in [5, 5.41) is 5.29. The number of fused-ring (bicyclic) bond motifs is 1. The van der Waals surface area contributed by atoms with Crippen molar-refractivity contribution >= 4 is 34.1 Å². The lowest BCUT2D eigenvalue weighted by atomic mass is 10.1. The topological polar surface area (TPSA) is 118 Å². The van der Waals surface area contributed by atoms with Gasteiger partial charge in [0.05, 0.1) is 23.9 Å². The molecule has 3 heterocycles. The smallest absolute Gasteiger partial charge is 0.255 e. The summed E-state index contributed by atoms with van der Waals surface area (Å²) in [6, 6.07) is 9.77. The van der Waals surface area contributed by atoms with Crippen LogP contribution in [0.5, 0.6) is 5.88 Å². The summed E-state index contributed by atoms with van der Waals surface area (Å²) in [6.07, 6.45) is 1.18. The number of anilines is 2. The second kappa shape index (κ2) is 9.00. The van der Waals surface area contributed by atoms with Gasteiger partial charge in [-0.15, -0.1) is 0 Å². The van der Waals surface area contributed by atoms with E-state index in [2.05, 4.69) is 20.1 Å². The summed E-state index contributed by atoms with van der Waals surface area (Å²) in [5.74, 6) is -2.80. The molecule has 5 aromatic rings. The fraction of sp³-hybridized carbons (Fsp3) is 0.0833. The Labute approximate surface area is 207 Å². The molecule has 0 radical (unpaired) electrons. The monoisotopic (exact) mass is 511 g/mol. The molecular weight excluding hydrogens is 495 g/mol. The molecule has 0 aliphatic carbocycles. The minimum absolute atomic E-state index is 0.0222. The zero-order valence-electron chi connectivity index (χ0n) is 18.6. The van der Waals surface area contributed by atoms with Crippen LogP contribution in [0.3, 0.4) is 0 Å². The van der Waals surface area contributed by atoms with Crippen LogP contribution in [0, 0.1) is 17.5 Å². The number of nitrogen functional groups attached to an aromatic ring is 2. The first-order valence-corrected chi connectivity index (χ1v) is 10.9. The lowest BCUT2D eigenvalue weighted by Gasteiger charge is -2.11. The molecule has 0 unspecified atom stereocenters. The predicted molar refractivity (Wildman–Crippen MR) is 129 cm³/mol. The van der Waals surface area contributed by atoms with Gasteiger partial charge in [0.25, 0.3) is 5.95 Å². The van der Waals surface area contributed by atoms with Crippen molar-refractivity contribution in [3.05, 3.63) is 82.4 Å². The maximum absolute atomic E-state index is 14.4. The summed E-state index contributed by atoms with van der Waals surface area (Å²) in [7, 11) is 1.50. The van der Waals surface area contributed by atoms with E-state index in [1.807, 2.05) is 0 Å². The van der Waals surface area contributed by atoms with Crippen LogP contribution in [0.1, 0.15) is 11.3 Å². The van der Waals surface area contributed by atoms with Crippen LogP contribution in [-0.4, -0.2) is 31.8 Å². The Bertz CT molecular complexity index is 1600. The van der Waals surface area contributed by atoms with Crippen LogP contribution in [0.2, 0.25) is 5.02 Å². The van der Waals surface area contributed by atoms with E-state index < -0.39 is 23.0 Å². The highest BCUT2D eigenvalue weighted by Gasteiger charge is 2.21. The largest absolute Gasteiger partial charge is 0.481 e. The molecule has 182 valence electrons. The van der Waals surface area contributed by atoms with Gasteiger partial charge in [-0.1, -0.05) is 11.6 Å². The molecule has 0 aliphatic rings. The Morgan fingerprint density at radius 3 is 2.36 bits per heavy atom. The zero-order chi connectivity index (χ0) is 25.6. The molecule has 36 heavy (non-hydrogen) atoms. The summed E-state index contributed by atoms with van der Waals surface area (Å²) < 4.78 is 48.9. The maximum atomic E-state index is 14.4. The van der Waals surface area contributed by atoms with E-state index in [-0.39, 0.29) is 29.7 Å². The van der Waals surface area contributed by atoms with E-state index in [9.17, 15) is 13.2 Å². The average Bonchev–Trinajstić information content (AvgIpc) is 3.21. The molecule has 2 aromatic carbocycles. The number of methoxy groups -OCH3 is 1. The third-order valence-electron chi connectivity index (χ3n) is 5.58. The SMILES string of the molecule is COc1ccc(-c2c(N)nc(-n3nc(Cc4c(F)ccc(F)c4F)c4cc(Cl)ccc43)nc2N)cn1. The molecule has 0 amide bonds. The Morgan fingerprint density at radius 1 is 0.972 bits per heavy atom. The molecule has 0 saturated carbocycles. The number of benzene rings is 2. The molecule has 4 N–H and O–H groups in total. The van der Waals surface area contributed by atoms with Gasteiger partial charge in [0.15, 0.2) is 11.6 Å². The van der Waals surface area contributed by atoms with Gasteiger partial charge in [-0.3, -0.25) is 0 Å². The van der Waals surface area contributed by atoms with Gasteiger partial charge in [0.1, 0.15) is 17.5 Å². The van der Waals surface area contributed by atoms with Gasteiger partial charge in [0, 0.05) is 40.2 Å². The number of halogens is 4. The first-order valence-electron chi connectivity index (χ1n) is 10.5. The Kier molecular flexibility index (Phi) is 5.84. The second-order valence-corrected chi connectivity index (χ2v) is 8.21. The Hall–Kier alpha value is -4.38. The van der Waals surface area contributed by atoms with Gasteiger partial charge < -0.3 is 16.2 Å². The number of nitrogens with two attached hydrogens (primary N) is 2. The number of ether oxygens (including phenoxy) is 1. The summed E-state index contributed by atoms with van der Waals surface area (Å²) >= 11 is 6.17. The van der Waals surface area contributed by atoms with Gasteiger partial charge in [-0.2, -0.15) is 19.7 Å². The van der Waals surface area contributed by atoms with Gasteiger partial charge >= 0.3 is 0 Å². The van der Waals surface area contributed by atoms with Crippen LogP contribution < -0.4 is 16.2 Å². The van der Waals surface area contributed by atoms with E-state index in [4.69, 9.17) is 27.8 Å². The van der Waals surface area contributed by atoms with Gasteiger partial charge in [-0.05, 0) is 36.4 Å². The first kappa shape index (κ1) is 23.4. The Balaban J connectivity index is 1.64. The van der Waals surface area contributed by atoms with Crippen LogP contribution in [0.4, 0.5) is 24.8 Å². The number of hydrogen-bond donors (Lipinski definition) is 2. The fourth-order valence-corrected chi connectivity index (χ4v) is 4.03. The number of pyridine rings is 1. The van der Waals surface area contributed by atoms with Crippen LogP contribution in [0.25, 0.3) is 28.0 Å². The molecular formula is C24H17ClF3N7O. The standard InChI is InChI=1S/C24H17ClF3N7O/c1-36-19-7-2-11(10-31-19)20-22(29)32-24(33-23(20)30)35-18-6-3-12(25)8-14(18)17(34-35)9-13-15(26)4-5-16(27)21(13)28/h2-8,10H,9H2,1H3,(H4,29,30,32,33). The molecule has 0 aliphatic heterocycles. The molecule has 0 saturated heterocycles. The highest BCUT2D eigenvalue weighted by Crippen LogP contribution is 2.32.